The summed E-state index contributed by atoms with van der Waals surface area (Å²) in [6.07, 6.45) is 10.0. The summed E-state index contributed by atoms with van der Waals surface area (Å²) in [5.41, 5.74) is 2.83. The van der Waals surface area contributed by atoms with Gasteiger partial charge in [-0.15, -0.1) is 11.3 Å². The summed E-state index contributed by atoms with van der Waals surface area (Å²) in [6.45, 7) is 0.738. The predicted octanol–water partition coefficient (Wildman–Crippen LogP) is 3.82. The minimum atomic E-state index is -0.0335. The molecule has 3 aliphatic carbocycles. The fourth-order valence-corrected chi connectivity index (χ4v) is 5.52. The number of carbonyl (C=O) groups is 2. The van der Waals surface area contributed by atoms with E-state index in [1.165, 1.54) is 17.7 Å². The quantitative estimate of drug-likeness (QED) is 0.663. The molecule has 148 valence electrons. The molecule has 0 spiro atoms. The lowest BCUT2D eigenvalue weighted by Crippen LogP contribution is -2.28. The molecule has 28 heavy (non-hydrogen) atoms. The topological polar surface area (TPSA) is 86.9 Å². The van der Waals surface area contributed by atoms with Crippen molar-refractivity contribution >= 4 is 28.2 Å². The van der Waals surface area contributed by atoms with E-state index in [9.17, 15) is 9.59 Å². The zero-order chi connectivity index (χ0) is 19.1. The van der Waals surface area contributed by atoms with Gasteiger partial charge in [0.05, 0.1) is 11.3 Å². The van der Waals surface area contributed by atoms with Gasteiger partial charge in [0, 0.05) is 30.0 Å². The van der Waals surface area contributed by atoms with Crippen LogP contribution in [0.1, 0.15) is 77.4 Å². The van der Waals surface area contributed by atoms with Gasteiger partial charge in [-0.05, 0) is 68.4 Å². The number of H-pyrrole nitrogens is 1. The van der Waals surface area contributed by atoms with Crippen molar-refractivity contribution in [1.82, 2.24) is 15.5 Å². The molecule has 0 bridgehead atoms. The molecule has 3 aliphatic rings. The molecule has 2 aromatic heterocycles. The van der Waals surface area contributed by atoms with Crippen LogP contribution in [0.3, 0.4) is 0 Å². The van der Waals surface area contributed by atoms with Gasteiger partial charge in [0.1, 0.15) is 5.00 Å². The number of hydrogen-bond acceptors (Lipinski definition) is 4. The molecule has 0 aliphatic heterocycles. The first kappa shape index (κ1) is 17.9. The average Bonchev–Trinajstić information content (AvgIpc) is 3.59. The van der Waals surface area contributed by atoms with Crippen LogP contribution in [0, 0.1) is 11.8 Å². The monoisotopic (exact) mass is 398 g/mol. The molecule has 2 aromatic rings. The molecule has 0 saturated heterocycles. The number of nitrogens with one attached hydrogen (secondary N) is 3. The zero-order valence-electron chi connectivity index (χ0n) is 15.9. The summed E-state index contributed by atoms with van der Waals surface area (Å²) < 4.78 is 0. The second-order valence-electron chi connectivity index (χ2n) is 8.44. The lowest BCUT2D eigenvalue weighted by Gasteiger charge is -2.21. The standard InChI is InChI=1S/C21H26N4O2S/c26-17(10-12-4-5-12)24-21-18(20(27)22-11-13-6-7-13)15-3-1-2-14(19(15)28-21)16-8-9-23-25-16/h8-9,12-14H,1-7,10-11H2,(H,22,27)(H,23,25)(H,24,26). The van der Waals surface area contributed by atoms with E-state index >= 15 is 0 Å². The van der Waals surface area contributed by atoms with Crippen LogP contribution in [-0.2, 0) is 11.2 Å². The molecule has 0 radical (unpaired) electrons. The van der Waals surface area contributed by atoms with Crippen LogP contribution in [-0.4, -0.2) is 28.6 Å². The van der Waals surface area contributed by atoms with E-state index in [1.807, 2.05) is 12.3 Å². The number of aromatic nitrogens is 2. The third kappa shape index (κ3) is 3.72. The number of rotatable bonds is 7. The third-order valence-corrected chi connectivity index (χ3v) is 7.31. The van der Waals surface area contributed by atoms with Gasteiger partial charge in [0.15, 0.2) is 0 Å². The first-order chi connectivity index (χ1) is 13.7. The van der Waals surface area contributed by atoms with E-state index in [0.29, 0.717) is 23.8 Å². The lowest BCUT2D eigenvalue weighted by molar-refractivity contribution is -0.116. The number of aromatic amines is 1. The van der Waals surface area contributed by atoms with Crippen LogP contribution >= 0.6 is 11.3 Å². The SMILES string of the molecule is O=C(CC1CC1)Nc1sc2c(c1C(=O)NCC1CC1)CCCC2c1cc[nH]n1. The van der Waals surface area contributed by atoms with Crippen molar-refractivity contribution in [3.8, 4) is 0 Å². The van der Waals surface area contributed by atoms with Crippen LogP contribution in [0.5, 0.6) is 0 Å². The first-order valence-electron chi connectivity index (χ1n) is 10.4. The van der Waals surface area contributed by atoms with E-state index in [0.717, 1.165) is 54.9 Å². The second kappa shape index (κ2) is 7.35. The van der Waals surface area contributed by atoms with Crippen LogP contribution in [0.25, 0.3) is 0 Å². The minimum Gasteiger partial charge on any atom is -0.352 e. The number of hydrogen-bond donors (Lipinski definition) is 3. The van der Waals surface area contributed by atoms with Crippen molar-refractivity contribution in [2.75, 3.05) is 11.9 Å². The highest BCUT2D eigenvalue weighted by molar-refractivity contribution is 7.17. The van der Waals surface area contributed by atoms with Crippen LogP contribution in [0.15, 0.2) is 12.3 Å². The Labute approximate surface area is 168 Å². The highest BCUT2D eigenvalue weighted by Crippen LogP contribution is 2.46. The van der Waals surface area contributed by atoms with Crippen LogP contribution in [0.4, 0.5) is 5.00 Å². The van der Waals surface area contributed by atoms with Gasteiger partial charge in [0.2, 0.25) is 5.91 Å². The largest absolute Gasteiger partial charge is 0.352 e. The van der Waals surface area contributed by atoms with E-state index in [4.69, 9.17) is 0 Å². The maximum atomic E-state index is 13.1. The summed E-state index contributed by atoms with van der Waals surface area (Å²) in [4.78, 5) is 26.7. The molecular weight excluding hydrogens is 372 g/mol. The molecule has 5 rings (SSSR count). The Bertz CT molecular complexity index is 881. The summed E-state index contributed by atoms with van der Waals surface area (Å²) in [6, 6.07) is 2.01. The predicted molar refractivity (Wildman–Crippen MR) is 109 cm³/mol. The lowest BCUT2D eigenvalue weighted by atomic mass is 9.85. The Hall–Kier alpha value is -2.15. The molecule has 6 nitrogen and oxygen atoms in total. The van der Waals surface area contributed by atoms with Crippen LogP contribution in [0.2, 0.25) is 0 Å². The molecule has 2 heterocycles. The molecule has 2 fully saturated rings. The van der Waals surface area contributed by atoms with E-state index in [1.54, 1.807) is 11.3 Å². The van der Waals surface area contributed by atoms with Gasteiger partial charge in [-0.2, -0.15) is 5.10 Å². The number of thiophene rings is 1. The summed E-state index contributed by atoms with van der Waals surface area (Å²) in [5.74, 6) is 1.35. The zero-order valence-corrected chi connectivity index (χ0v) is 16.7. The molecular formula is C21H26N4O2S. The van der Waals surface area contributed by atoms with E-state index in [2.05, 4.69) is 20.8 Å². The van der Waals surface area contributed by atoms with Gasteiger partial charge >= 0.3 is 0 Å². The van der Waals surface area contributed by atoms with Crippen molar-refractivity contribution in [2.24, 2.45) is 11.8 Å². The van der Waals surface area contributed by atoms with Gasteiger partial charge in [0.25, 0.3) is 5.91 Å². The normalized spacial score (nSPS) is 21.2. The van der Waals surface area contributed by atoms with Crippen molar-refractivity contribution < 1.29 is 9.59 Å². The summed E-state index contributed by atoms with van der Waals surface area (Å²) in [5, 5.41) is 14.2. The van der Waals surface area contributed by atoms with Gasteiger partial charge in [-0.3, -0.25) is 14.7 Å². The molecule has 7 heteroatoms. The number of nitrogens with zero attached hydrogens (tertiary/aromatic N) is 1. The van der Waals surface area contributed by atoms with Crippen molar-refractivity contribution in [3.05, 3.63) is 34.0 Å². The molecule has 2 amide bonds. The molecule has 2 saturated carbocycles. The first-order valence-corrected chi connectivity index (χ1v) is 11.2. The number of anilines is 1. The Kier molecular flexibility index (Phi) is 4.70. The Morgan fingerprint density at radius 2 is 2.00 bits per heavy atom. The third-order valence-electron chi connectivity index (χ3n) is 6.05. The van der Waals surface area contributed by atoms with Crippen molar-refractivity contribution in [1.29, 1.82) is 0 Å². The Balaban J connectivity index is 1.46. The fourth-order valence-electron chi connectivity index (χ4n) is 4.11. The van der Waals surface area contributed by atoms with Crippen LogP contribution < -0.4 is 10.6 Å². The number of fused-ring (bicyclic) bond motifs is 1. The number of amides is 2. The highest BCUT2D eigenvalue weighted by Gasteiger charge is 2.34. The highest BCUT2D eigenvalue weighted by atomic mass is 32.1. The fraction of sp³-hybridized carbons (Fsp3) is 0.571. The van der Waals surface area contributed by atoms with Gasteiger partial charge in [-0.25, -0.2) is 0 Å². The van der Waals surface area contributed by atoms with E-state index in [-0.39, 0.29) is 17.7 Å². The Morgan fingerprint density at radius 1 is 1.18 bits per heavy atom. The van der Waals surface area contributed by atoms with Gasteiger partial charge < -0.3 is 10.6 Å². The van der Waals surface area contributed by atoms with Gasteiger partial charge in [-0.1, -0.05) is 0 Å². The molecule has 3 N–H and O–H groups in total. The summed E-state index contributed by atoms with van der Waals surface area (Å²) >= 11 is 1.58. The second-order valence-corrected chi connectivity index (χ2v) is 9.49. The molecule has 1 atom stereocenters. The minimum absolute atomic E-state index is 0.0335. The summed E-state index contributed by atoms with van der Waals surface area (Å²) in [7, 11) is 0. The van der Waals surface area contributed by atoms with Crippen molar-refractivity contribution in [3.63, 3.8) is 0 Å². The van der Waals surface area contributed by atoms with Crippen molar-refractivity contribution in [2.45, 2.75) is 57.3 Å². The number of carbonyl (C=O) groups excluding carboxylic acids is 2. The molecule has 0 aromatic carbocycles. The maximum absolute atomic E-state index is 13.1. The maximum Gasteiger partial charge on any atom is 0.254 e. The molecule has 1 unspecified atom stereocenters. The van der Waals surface area contributed by atoms with E-state index < -0.39 is 0 Å². The Morgan fingerprint density at radius 3 is 2.71 bits per heavy atom. The average molecular weight is 399 g/mol. The smallest absolute Gasteiger partial charge is 0.254 e.